The summed E-state index contributed by atoms with van der Waals surface area (Å²) in [5, 5.41) is 4.13. The summed E-state index contributed by atoms with van der Waals surface area (Å²) in [7, 11) is -3.42. The van der Waals surface area contributed by atoms with Crippen molar-refractivity contribution in [2.75, 3.05) is 42.8 Å². The molecule has 0 spiro atoms. The summed E-state index contributed by atoms with van der Waals surface area (Å²) < 4.78 is 31.6. The molecule has 3 aromatic rings. The number of para-hydroxylation sites is 1. The molecule has 2 heterocycles. The lowest BCUT2D eigenvalue weighted by atomic mass is 10.0. The van der Waals surface area contributed by atoms with Crippen LogP contribution < -0.4 is 15.8 Å². The third-order valence-corrected chi connectivity index (χ3v) is 7.14. The molecule has 0 radical (unpaired) electrons. The van der Waals surface area contributed by atoms with Gasteiger partial charge in [-0.25, -0.2) is 13.4 Å². The average Bonchev–Trinajstić information content (AvgIpc) is 2.79. The minimum absolute atomic E-state index is 0.156. The molecular formula is C23H27ClN4O4S. The largest absolute Gasteiger partial charge is 0.378 e. The number of nitrogens with zero attached hydrogens (tertiary/aromatic N) is 3. The van der Waals surface area contributed by atoms with Crippen molar-refractivity contribution in [3.05, 3.63) is 57.3 Å². The molecule has 1 saturated heterocycles. The molecule has 33 heavy (non-hydrogen) atoms. The highest BCUT2D eigenvalue weighted by Crippen LogP contribution is 2.31. The molecule has 2 aromatic carbocycles. The number of nitrogens with one attached hydrogen (secondary N) is 1. The van der Waals surface area contributed by atoms with Crippen molar-refractivity contribution in [1.82, 2.24) is 9.55 Å². The number of rotatable bonds is 6. The van der Waals surface area contributed by atoms with Gasteiger partial charge >= 0.3 is 0 Å². The quantitative estimate of drug-likeness (QED) is 0.565. The number of hydrogen-bond donors (Lipinski definition) is 1. The molecule has 1 fully saturated rings. The highest BCUT2D eigenvalue weighted by Gasteiger charge is 2.23. The van der Waals surface area contributed by atoms with Crippen molar-refractivity contribution in [3.63, 3.8) is 0 Å². The minimum Gasteiger partial charge on any atom is -0.378 e. The summed E-state index contributed by atoms with van der Waals surface area (Å²) in [5.41, 5.74) is 1.59. The summed E-state index contributed by atoms with van der Waals surface area (Å²) in [6.07, 6.45) is 1.18. The molecular weight excluding hydrogens is 464 g/mol. The van der Waals surface area contributed by atoms with E-state index in [0.29, 0.717) is 60.4 Å². The van der Waals surface area contributed by atoms with Crippen molar-refractivity contribution in [3.8, 4) is 0 Å². The Hall–Kier alpha value is -2.62. The summed E-state index contributed by atoms with van der Waals surface area (Å²) in [6, 6.07) is 9.79. The van der Waals surface area contributed by atoms with Gasteiger partial charge in [-0.3, -0.25) is 9.36 Å². The van der Waals surface area contributed by atoms with E-state index in [2.05, 4.69) is 10.2 Å². The normalized spacial score (nSPS) is 15.6. The molecule has 1 aliphatic heterocycles. The number of benzene rings is 2. The van der Waals surface area contributed by atoms with E-state index in [-0.39, 0.29) is 16.5 Å². The molecule has 4 rings (SSSR count). The number of sulfone groups is 1. The first-order chi connectivity index (χ1) is 15.7. The molecule has 0 amide bonds. The lowest BCUT2D eigenvalue weighted by molar-refractivity contribution is 0.121. The number of aromatic nitrogens is 2. The zero-order chi connectivity index (χ0) is 23.8. The van der Waals surface area contributed by atoms with Crippen molar-refractivity contribution >= 4 is 44.0 Å². The van der Waals surface area contributed by atoms with Crippen LogP contribution in [0.25, 0.3) is 10.9 Å². The van der Waals surface area contributed by atoms with Gasteiger partial charge in [0.25, 0.3) is 5.56 Å². The Balaban J connectivity index is 1.86. The molecule has 1 unspecified atom stereocenters. The highest BCUT2D eigenvalue weighted by atomic mass is 35.5. The van der Waals surface area contributed by atoms with Gasteiger partial charge < -0.3 is 15.0 Å². The Morgan fingerprint density at radius 3 is 2.58 bits per heavy atom. The van der Waals surface area contributed by atoms with Crippen molar-refractivity contribution < 1.29 is 13.2 Å². The van der Waals surface area contributed by atoms with Crippen molar-refractivity contribution in [2.24, 2.45) is 0 Å². The Morgan fingerprint density at radius 1 is 1.21 bits per heavy atom. The van der Waals surface area contributed by atoms with Gasteiger partial charge in [0.1, 0.15) is 0 Å². The van der Waals surface area contributed by atoms with E-state index in [1.165, 1.54) is 6.26 Å². The molecule has 1 aromatic heterocycles. The molecule has 1 N–H and O–H groups in total. The Kier molecular flexibility index (Phi) is 6.65. The number of fused-ring (bicyclic) bond motifs is 1. The van der Waals surface area contributed by atoms with Crippen molar-refractivity contribution in [1.29, 1.82) is 0 Å². The van der Waals surface area contributed by atoms with E-state index in [1.807, 2.05) is 13.8 Å². The maximum absolute atomic E-state index is 13.4. The monoisotopic (exact) mass is 490 g/mol. The Bertz CT molecular complexity index is 1350. The molecule has 1 aliphatic rings. The van der Waals surface area contributed by atoms with Gasteiger partial charge in [-0.2, -0.15) is 0 Å². The fourth-order valence-electron chi connectivity index (χ4n) is 4.14. The fraction of sp³-hybridized carbons (Fsp3) is 0.391. The molecule has 1 atom stereocenters. The Morgan fingerprint density at radius 2 is 1.91 bits per heavy atom. The number of halogens is 1. The van der Waals surface area contributed by atoms with Crippen LogP contribution in [0.1, 0.15) is 25.5 Å². The van der Waals surface area contributed by atoms with Gasteiger partial charge in [-0.15, -0.1) is 0 Å². The SMILES string of the molecule is CCn1c(N2CCOCC2)nc2c(C(C)Nc3ccccc3S(C)(=O)=O)cc(Cl)cc2c1=O. The van der Waals surface area contributed by atoms with Gasteiger partial charge in [-0.1, -0.05) is 23.7 Å². The maximum atomic E-state index is 13.4. The zero-order valence-corrected chi connectivity index (χ0v) is 20.4. The van der Waals surface area contributed by atoms with Crippen LogP contribution in [0.3, 0.4) is 0 Å². The van der Waals surface area contributed by atoms with Gasteiger partial charge in [0.15, 0.2) is 9.84 Å². The summed E-state index contributed by atoms with van der Waals surface area (Å²) >= 11 is 6.40. The first-order valence-electron chi connectivity index (χ1n) is 10.8. The number of ether oxygens (including phenoxy) is 1. The number of morpholine rings is 1. The van der Waals surface area contributed by atoms with Crippen LogP contribution >= 0.6 is 11.6 Å². The first kappa shape index (κ1) is 23.5. The van der Waals surface area contributed by atoms with Crippen LogP contribution in [-0.2, 0) is 21.1 Å². The molecule has 0 aliphatic carbocycles. The standard InChI is InChI=1S/C23H27ClN4O4S/c1-4-28-22(29)18-14-16(24)13-17(21(18)26-23(28)27-9-11-32-12-10-27)15(2)25-19-7-5-6-8-20(19)33(3,30)31/h5-8,13-15,25H,4,9-12H2,1-3H3. The minimum atomic E-state index is -3.42. The maximum Gasteiger partial charge on any atom is 0.262 e. The molecule has 0 saturated carbocycles. The van der Waals surface area contributed by atoms with Gasteiger partial charge in [0.05, 0.1) is 40.7 Å². The topological polar surface area (TPSA) is 93.5 Å². The average molecular weight is 491 g/mol. The molecule has 10 heteroatoms. The van der Waals surface area contributed by atoms with E-state index in [9.17, 15) is 13.2 Å². The highest BCUT2D eigenvalue weighted by molar-refractivity contribution is 7.90. The van der Waals surface area contributed by atoms with Crippen LogP contribution in [0.5, 0.6) is 0 Å². The number of anilines is 2. The third-order valence-electron chi connectivity index (χ3n) is 5.77. The number of hydrogen-bond acceptors (Lipinski definition) is 7. The van der Waals surface area contributed by atoms with Crippen LogP contribution in [0.15, 0.2) is 46.1 Å². The predicted octanol–water partition coefficient (Wildman–Crippen LogP) is 3.48. The van der Waals surface area contributed by atoms with Gasteiger partial charge in [0, 0.05) is 36.5 Å². The fourth-order valence-corrected chi connectivity index (χ4v) is 5.22. The van der Waals surface area contributed by atoms with E-state index in [1.54, 1.807) is 41.0 Å². The van der Waals surface area contributed by atoms with E-state index < -0.39 is 9.84 Å². The summed E-state index contributed by atoms with van der Waals surface area (Å²) in [4.78, 5) is 20.6. The molecule has 0 bridgehead atoms. The summed E-state index contributed by atoms with van der Waals surface area (Å²) in [6.45, 7) is 6.73. The van der Waals surface area contributed by atoms with Crippen LogP contribution in [0.2, 0.25) is 5.02 Å². The Labute approximate surface area is 198 Å². The van der Waals surface area contributed by atoms with E-state index in [4.69, 9.17) is 21.3 Å². The summed E-state index contributed by atoms with van der Waals surface area (Å²) in [5.74, 6) is 0.602. The zero-order valence-electron chi connectivity index (χ0n) is 18.8. The first-order valence-corrected chi connectivity index (χ1v) is 13.1. The van der Waals surface area contributed by atoms with E-state index >= 15 is 0 Å². The van der Waals surface area contributed by atoms with Crippen LogP contribution in [0.4, 0.5) is 11.6 Å². The third kappa shape index (κ3) is 4.71. The smallest absolute Gasteiger partial charge is 0.262 e. The van der Waals surface area contributed by atoms with Gasteiger partial charge in [0.2, 0.25) is 5.95 Å². The van der Waals surface area contributed by atoms with Crippen molar-refractivity contribution in [2.45, 2.75) is 31.3 Å². The lowest BCUT2D eigenvalue weighted by Gasteiger charge is -2.30. The second kappa shape index (κ2) is 9.32. The predicted molar refractivity (Wildman–Crippen MR) is 131 cm³/mol. The lowest BCUT2D eigenvalue weighted by Crippen LogP contribution is -2.40. The second-order valence-corrected chi connectivity index (χ2v) is 10.5. The molecule has 8 nitrogen and oxygen atoms in total. The van der Waals surface area contributed by atoms with Gasteiger partial charge in [-0.05, 0) is 38.1 Å². The molecule has 176 valence electrons. The van der Waals surface area contributed by atoms with E-state index in [0.717, 1.165) is 5.56 Å². The second-order valence-electron chi connectivity index (χ2n) is 8.09. The van der Waals surface area contributed by atoms with Crippen LogP contribution in [-0.4, -0.2) is 50.5 Å². The van der Waals surface area contributed by atoms with Crippen LogP contribution in [0, 0.1) is 0 Å².